The van der Waals surface area contributed by atoms with E-state index in [1.807, 2.05) is 18.2 Å². The molecule has 5 heteroatoms. The van der Waals surface area contributed by atoms with Gasteiger partial charge in [0, 0.05) is 24.1 Å². The molecule has 1 aromatic rings. The van der Waals surface area contributed by atoms with Crippen molar-refractivity contribution in [3.8, 4) is 17.6 Å². The lowest BCUT2D eigenvalue weighted by Gasteiger charge is -2.52. The van der Waals surface area contributed by atoms with E-state index >= 15 is 0 Å². The molecule has 3 atom stereocenters. The van der Waals surface area contributed by atoms with E-state index < -0.39 is 5.60 Å². The van der Waals surface area contributed by atoms with Crippen molar-refractivity contribution in [2.75, 3.05) is 27.3 Å². The molecule has 0 amide bonds. The van der Waals surface area contributed by atoms with E-state index in [0.29, 0.717) is 6.54 Å². The van der Waals surface area contributed by atoms with Crippen LogP contribution in [0.2, 0.25) is 0 Å². The number of piperidine rings is 1. The average Bonchev–Trinajstić information content (AvgIpc) is 2.61. The number of aliphatic hydroxyl groups is 1. The van der Waals surface area contributed by atoms with Gasteiger partial charge in [0.25, 0.3) is 0 Å². The molecular formula is C19H26N2O3. The zero-order valence-corrected chi connectivity index (χ0v) is 14.5. The molecule has 2 fully saturated rings. The fourth-order valence-corrected chi connectivity index (χ4v) is 4.49. The van der Waals surface area contributed by atoms with Gasteiger partial charge < -0.3 is 14.6 Å². The number of nitrogens with zero attached hydrogens (tertiary/aromatic N) is 2. The molecule has 3 rings (SSSR count). The number of ether oxygens (including phenoxy) is 2. The van der Waals surface area contributed by atoms with Crippen molar-refractivity contribution >= 4 is 0 Å². The number of hydrogen-bond donors (Lipinski definition) is 1. The smallest absolute Gasteiger partial charge is 0.123 e. The summed E-state index contributed by atoms with van der Waals surface area (Å²) in [6, 6.07) is 8.05. The standard InChI is InChI=1S/C19H26N2O3/c1-23-14-6-7-17(24-2)15(13-14)18-16-5-3-4-8-19(16,22)9-11-21(18)12-10-20/h6-7,13,16,18,22H,3-5,8-9,11-12H2,1-2H3/t16-,18+,19-/m0/s1. The van der Waals surface area contributed by atoms with Crippen molar-refractivity contribution in [2.24, 2.45) is 5.92 Å². The molecule has 1 saturated heterocycles. The van der Waals surface area contributed by atoms with Gasteiger partial charge in [-0.3, -0.25) is 4.90 Å². The number of likely N-dealkylation sites (tertiary alicyclic amines) is 1. The van der Waals surface area contributed by atoms with E-state index in [-0.39, 0.29) is 12.0 Å². The summed E-state index contributed by atoms with van der Waals surface area (Å²) in [6.07, 6.45) is 4.76. The minimum absolute atomic E-state index is 0.0197. The van der Waals surface area contributed by atoms with Crippen LogP contribution in [0.1, 0.15) is 43.7 Å². The number of methoxy groups -OCH3 is 2. The average molecular weight is 330 g/mol. The first kappa shape index (κ1) is 17.1. The molecule has 130 valence electrons. The Kier molecular flexibility index (Phi) is 4.98. The molecule has 0 bridgehead atoms. The second-order valence-electron chi connectivity index (χ2n) is 6.89. The van der Waals surface area contributed by atoms with Crippen LogP contribution in [0, 0.1) is 17.2 Å². The van der Waals surface area contributed by atoms with Crippen LogP contribution in [0.3, 0.4) is 0 Å². The van der Waals surface area contributed by atoms with Gasteiger partial charge in [0.05, 0.1) is 32.4 Å². The van der Waals surface area contributed by atoms with Gasteiger partial charge in [-0.1, -0.05) is 12.8 Å². The van der Waals surface area contributed by atoms with Crippen LogP contribution >= 0.6 is 0 Å². The Hall–Kier alpha value is -1.77. The summed E-state index contributed by atoms with van der Waals surface area (Å²) in [5.74, 6) is 1.68. The third kappa shape index (κ3) is 2.97. The molecular weight excluding hydrogens is 304 g/mol. The lowest BCUT2D eigenvalue weighted by atomic mass is 9.66. The predicted molar refractivity (Wildman–Crippen MR) is 91.0 cm³/mol. The van der Waals surface area contributed by atoms with Gasteiger partial charge in [0.15, 0.2) is 0 Å². The topological polar surface area (TPSA) is 65.7 Å². The zero-order chi connectivity index (χ0) is 17.2. The summed E-state index contributed by atoms with van der Waals surface area (Å²) in [5.41, 5.74) is 0.375. The minimum atomic E-state index is -0.636. The summed E-state index contributed by atoms with van der Waals surface area (Å²) < 4.78 is 11.0. The second kappa shape index (κ2) is 7.00. The molecule has 2 aliphatic rings. The first-order valence-corrected chi connectivity index (χ1v) is 8.68. The lowest BCUT2D eigenvalue weighted by Crippen LogP contribution is -2.54. The third-order valence-electron chi connectivity index (χ3n) is 5.70. The molecule has 1 aliphatic carbocycles. The van der Waals surface area contributed by atoms with Crippen molar-refractivity contribution in [2.45, 2.75) is 43.7 Å². The number of fused-ring (bicyclic) bond motifs is 1. The molecule has 1 heterocycles. The van der Waals surface area contributed by atoms with Crippen LogP contribution in [0.25, 0.3) is 0 Å². The monoisotopic (exact) mass is 330 g/mol. The molecule has 1 saturated carbocycles. The number of rotatable bonds is 4. The second-order valence-corrected chi connectivity index (χ2v) is 6.89. The Morgan fingerprint density at radius 2 is 2.12 bits per heavy atom. The van der Waals surface area contributed by atoms with E-state index in [0.717, 1.165) is 55.7 Å². The van der Waals surface area contributed by atoms with Crippen LogP contribution < -0.4 is 9.47 Å². The van der Waals surface area contributed by atoms with Gasteiger partial charge in [0.2, 0.25) is 0 Å². The van der Waals surface area contributed by atoms with Crippen molar-refractivity contribution in [1.82, 2.24) is 4.90 Å². The molecule has 0 radical (unpaired) electrons. The lowest BCUT2D eigenvalue weighted by molar-refractivity contribution is -0.122. The largest absolute Gasteiger partial charge is 0.497 e. The van der Waals surface area contributed by atoms with Gasteiger partial charge >= 0.3 is 0 Å². The Balaban J connectivity index is 2.07. The highest BCUT2D eigenvalue weighted by Crippen LogP contribution is 2.51. The molecule has 0 unspecified atom stereocenters. The molecule has 0 spiro atoms. The van der Waals surface area contributed by atoms with E-state index in [1.165, 1.54) is 0 Å². The molecule has 5 nitrogen and oxygen atoms in total. The van der Waals surface area contributed by atoms with Gasteiger partial charge in [-0.2, -0.15) is 5.26 Å². The Bertz CT molecular complexity index is 628. The highest BCUT2D eigenvalue weighted by molar-refractivity contribution is 5.43. The van der Waals surface area contributed by atoms with Crippen LogP contribution in [0.5, 0.6) is 11.5 Å². The fraction of sp³-hybridized carbons (Fsp3) is 0.632. The van der Waals surface area contributed by atoms with E-state index in [2.05, 4.69) is 11.0 Å². The normalized spacial score (nSPS) is 30.2. The Morgan fingerprint density at radius 3 is 2.83 bits per heavy atom. The van der Waals surface area contributed by atoms with Gasteiger partial charge in [-0.05, 0) is 37.5 Å². The van der Waals surface area contributed by atoms with E-state index in [1.54, 1.807) is 14.2 Å². The summed E-state index contributed by atoms with van der Waals surface area (Å²) in [5, 5.41) is 20.5. The molecule has 1 aliphatic heterocycles. The summed E-state index contributed by atoms with van der Waals surface area (Å²) >= 11 is 0. The highest BCUT2D eigenvalue weighted by Gasteiger charge is 2.49. The summed E-state index contributed by atoms with van der Waals surface area (Å²) in [7, 11) is 3.31. The number of hydrogen-bond acceptors (Lipinski definition) is 5. The van der Waals surface area contributed by atoms with Crippen molar-refractivity contribution in [3.63, 3.8) is 0 Å². The van der Waals surface area contributed by atoms with Crippen LogP contribution in [-0.4, -0.2) is 42.9 Å². The van der Waals surface area contributed by atoms with Gasteiger partial charge in [-0.15, -0.1) is 0 Å². The molecule has 1 N–H and O–H groups in total. The maximum absolute atomic E-state index is 11.2. The summed E-state index contributed by atoms with van der Waals surface area (Å²) in [4.78, 5) is 2.18. The van der Waals surface area contributed by atoms with Crippen LogP contribution in [0.4, 0.5) is 0 Å². The first-order chi connectivity index (χ1) is 11.6. The highest BCUT2D eigenvalue weighted by atomic mass is 16.5. The zero-order valence-electron chi connectivity index (χ0n) is 14.5. The maximum Gasteiger partial charge on any atom is 0.123 e. The van der Waals surface area contributed by atoms with Gasteiger partial charge in [-0.25, -0.2) is 0 Å². The van der Waals surface area contributed by atoms with E-state index in [9.17, 15) is 10.4 Å². The third-order valence-corrected chi connectivity index (χ3v) is 5.70. The van der Waals surface area contributed by atoms with Crippen molar-refractivity contribution < 1.29 is 14.6 Å². The molecule has 1 aromatic carbocycles. The van der Waals surface area contributed by atoms with E-state index in [4.69, 9.17) is 9.47 Å². The fourth-order valence-electron chi connectivity index (χ4n) is 4.49. The van der Waals surface area contributed by atoms with Crippen molar-refractivity contribution in [3.05, 3.63) is 23.8 Å². The predicted octanol–water partition coefficient (Wildman–Crippen LogP) is 2.90. The quantitative estimate of drug-likeness (QED) is 0.860. The minimum Gasteiger partial charge on any atom is -0.497 e. The Labute approximate surface area is 143 Å². The molecule has 0 aromatic heterocycles. The SMILES string of the molecule is COc1ccc(OC)c([C@@H]2[C@@H]3CCCC[C@]3(O)CCN2CC#N)c1. The first-order valence-electron chi connectivity index (χ1n) is 8.68. The summed E-state index contributed by atoms with van der Waals surface area (Å²) in [6.45, 7) is 1.09. The van der Waals surface area contributed by atoms with Crippen LogP contribution in [0.15, 0.2) is 18.2 Å². The molecule has 24 heavy (non-hydrogen) atoms. The number of benzene rings is 1. The van der Waals surface area contributed by atoms with Gasteiger partial charge in [0.1, 0.15) is 11.5 Å². The maximum atomic E-state index is 11.2. The Morgan fingerprint density at radius 1 is 1.29 bits per heavy atom. The van der Waals surface area contributed by atoms with Crippen molar-refractivity contribution in [1.29, 1.82) is 5.26 Å². The van der Waals surface area contributed by atoms with Crippen LogP contribution in [-0.2, 0) is 0 Å². The number of nitriles is 1.